The first-order chi connectivity index (χ1) is 7.02. The number of rotatable bonds is 0. The van der Waals surface area contributed by atoms with Gasteiger partial charge in [0.15, 0.2) is 11.6 Å². The molecule has 1 heterocycles. The van der Waals surface area contributed by atoms with Crippen LogP contribution in [-0.2, 0) is 7.05 Å². The molecule has 0 fully saturated rings. The Morgan fingerprint density at radius 1 is 1.33 bits per heavy atom. The summed E-state index contributed by atoms with van der Waals surface area (Å²) < 4.78 is 27.2. The largest absolute Gasteiger partial charge is 0.507 e. The minimum Gasteiger partial charge on any atom is -0.507 e. The van der Waals surface area contributed by atoms with E-state index in [0.717, 1.165) is 16.7 Å². The molecule has 0 saturated carbocycles. The smallest absolute Gasteiger partial charge is 0.254 e. The van der Waals surface area contributed by atoms with Crippen molar-refractivity contribution < 1.29 is 13.9 Å². The molecule has 0 unspecified atom stereocenters. The van der Waals surface area contributed by atoms with Gasteiger partial charge in [0.2, 0.25) is 0 Å². The molecule has 5 heteroatoms. The summed E-state index contributed by atoms with van der Waals surface area (Å²) in [6, 6.07) is 3.09. The molecule has 0 atom stereocenters. The summed E-state index contributed by atoms with van der Waals surface area (Å²) in [6.07, 6.45) is 0. The topological polar surface area (TPSA) is 42.2 Å². The van der Waals surface area contributed by atoms with Crippen molar-refractivity contribution in [3.05, 3.63) is 40.2 Å². The van der Waals surface area contributed by atoms with E-state index in [1.54, 1.807) is 0 Å². The number of aromatic hydroxyl groups is 1. The number of halogens is 2. The minimum absolute atomic E-state index is 0.107. The highest BCUT2D eigenvalue weighted by atomic mass is 19.2. The molecule has 0 radical (unpaired) electrons. The van der Waals surface area contributed by atoms with Gasteiger partial charge in [-0.3, -0.25) is 4.79 Å². The van der Waals surface area contributed by atoms with E-state index < -0.39 is 17.2 Å². The van der Waals surface area contributed by atoms with E-state index >= 15 is 0 Å². The normalized spacial score (nSPS) is 10.9. The Bertz CT molecular complexity index is 604. The predicted octanol–water partition coefficient (Wildman–Crippen LogP) is 1.52. The third-order valence-corrected chi connectivity index (χ3v) is 2.27. The van der Waals surface area contributed by atoms with Crippen molar-refractivity contribution in [2.45, 2.75) is 0 Å². The van der Waals surface area contributed by atoms with Gasteiger partial charge in [-0.2, -0.15) is 0 Å². The second kappa shape index (κ2) is 3.05. The molecule has 0 spiro atoms. The zero-order valence-corrected chi connectivity index (χ0v) is 7.79. The van der Waals surface area contributed by atoms with Crippen LogP contribution < -0.4 is 5.56 Å². The average molecular weight is 211 g/mol. The number of pyridine rings is 1. The standard InChI is InChI=1S/C10H7F2NO2/c1-13-8(15)4-7(14)5-2-3-6(11)9(12)10(5)13/h2-4,14H,1H3. The van der Waals surface area contributed by atoms with Crippen LogP contribution in [0.2, 0.25) is 0 Å². The maximum Gasteiger partial charge on any atom is 0.254 e. The Hall–Kier alpha value is -1.91. The Morgan fingerprint density at radius 2 is 2.00 bits per heavy atom. The van der Waals surface area contributed by atoms with Gasteiger partial charge in [-0.25, -0.2) is 8.78 Å². The van der Waals surface area contributed by atoms with E-state index in [1.165, 1.54) is 13.1 Å². The third kappa shape index (κ3) is 1.27. The lowest BCUT2D eigenvalue weighted by Crippen LogP contribution is -2.16. The van der Waals surface area contributed by atoms with Gasteiger partial charge in [-0.1, -0.05) is 0 Å². The fourth-order valence-electron chi connectivity index (χ4n) is 1.48. The van der Waals surface area contributed by atoms with E-state index in [2.05, 4.69) is 0 Å². The molecule has 0 saturated heterocycles. The van der Waals surface area contributed by atoms with Crippen LogP contribution in [0.4, 0.5) is 8.78 Å². The molecule has 3 nitrogen and oxygen atoms in total. The van der Waals surface area contributed by atoms with Crippen LogP contribution in [0.1, 0.15) is 0 Å². The Kier molecular flexibility index (Phi) is 1.96. The van der Waals surface area contributed by atoms with Gasteiger partial charge in [0, 0.05) is 18.5 Å². The monoisotopic (exact) mass is 211 g/mol. The molecule has 0 aliphatic rings. The van der Waals surface area contributed by atoms with Gasteiger partial charge in [-0.15, -0.1) is 0 Å². The van der Waals surface area contributed by atoms with Crippen molar-refractivity contribution in [3.63, 3.8) is 0 Å². The average Bonchev–Trinajstić information content (AvgIpc) is 2.19. The van der Waals surface area contributed by atoms with E-state index in [0.29, 0.717) is 0 Å². The molecule has 15 heavy (non-hydrogen) atoms. The van der Waals surface area contributed by atoms with Crippen molar-refractivity contribution in [2.75, 3.05) is 0 Å². The number of hydrogen-bond donors (Lipinski definition) is 1. The predicted molar refractivity (Wildman–Crippen MR) is 50.8 cm³/mol. The van der Waals surface area contributed by atoms with Gasteiger partial charge < -0.3 is 9.67 Å². The second-order valence-corrected chi connectivity index (χ2v) is 3.18. The van der Waals surface area contributed by atoms with Gasteiger partial charge in [-0.05, 0) is 12.1 Å². The van der Waals surface area contributed by atoms with Crippen molar-refractivity contribution in [1.82, 2.24) is 4.57 Å². The molecule has 78 valence electrons. The molecule has 0 aliphatic heterocycles. The number of aryl methyl sites for hydroxylation is 1. The van der Waals surface area contributed by atoms with Crippen molar-refractivity contribution >= 4 is 10.9 Å². The first-order valence-corrected chi connectivity index (χ1v) is 4.19. The fraction of sp³-hybridized carbons (Fsp3) is 0.100. The molecular formula is C10H7F2NO2. The minimum atomic E-state index is -1.14. The van der Waals surface area contributed by atoms with Crippen LogP contribution in [0, 0.1) is 11.6 Å². The fourth-order valence-corrected chi connectivity index (χ4v) is 1.48. The second-order valence-electron chi connectivity index (χ2n) is 3.18. The molecule has 0 amide bonds. The maximum atomic E-state index is 13.4. The Balaban J connectivity index is 3.11. The van der Waals surface area contributed by atoms with Crippen LogP contribution >= 0.6 is 0 Å². The highest BCUT2D eigenvalue weighted by Gasteiger charge is 2.13. The Morgan fingerprint density at radius 3 is 2.67 bits per heavy atom. The lowest BCUT2D eigenvalue weighted by molar-refractivity contribution is 0.476. The number of nitrogens with zero attached hydrogens (tertiary/aromatic N) is 1. The highest BCUT2D eigenvalue weighted by Crippen LogP contribution is 2.25. The molecule has 1 N–H and O–H groups in total. The molecule has 0 bridgehead atoms. The summed E-state index contributed by atoms with van der Waals surface area (Å²) in [5.41, 5.74) is -0.829. The molecular weight excluding hydrogens is 204 g/mol. The van der Waals surface area contributed by atoms with E-state index in [1.807, 2.05) is 0 Å². The van der Waals surface area contributed by atoms with Gasteiger partial charge >= 0.3 is 0 Å². The van der Waals surface area contributed by atoms with Crippen molar-refractivity contribution in [1.29, 1.82) is 0 Å². The number of fused-ring (bicyclic) bond motifs is 1. The zero-order chi connectivity index (χ0) is 11.2. The molecule has 2 aromatic rings. The molecule has 2 rings (SSSR count). The maximum absolute atomic E-state index is 13.4. The highest BCUT2D eigenvalue weighted by molar-refractivity contribution is 5.85. The summed E-state index contributed by atoms with van der Waals surface area (Å²) in [5.74, 6) is -2.54. The van der Waals surface area contributed by atoms with Gasteiger partial charge in [0.05, 0.1) is 5.52 Å². The van der Waals surface area contributed by atoms with Gasteiger partial charge in [0.1, 0.15) is 5.75 Å². The van der Waals surface area contributed by atoms with Crippen molar-refractivity contribution in [2.24, 2.45) is 7.05 Å². The van der Waals surface area contributed by atoms with E-state index in [4.69, 9.17) is 0 Å². The first kappa shape index (κ1) is 9.64. The zero-order valence-electron chi connectivity index (χ0n) is 7.79. The van der Waals surface area contributed by atoms with Crippen LogP contribution in [-0.4, -0.2) is 9.67 Å². The lowest BCUT2D eigenvalue weighted by Gasteiger charge is -2.07. The third-order valence-electron chi connectivity index (χ3n) is 2.27. The van der Waals surface area contributed by atoms with Crippen LogP contribution in [0.3, 0.4) is 0 Å². The Labute approximate surface area is 83.2 Å². The summed E-state index contributed by atoms with van der Waals surface area (Å²) in [6.45, 7) is 0. The summed E-state index contributed by atoms with van der Waals surface area (Å²) in [7, 11) is 1.31. The number of aromatic nitrogens is 1. The van der Waals surface area contributed by atoms with E-state index in [-0.39, 0.29) is 16.7 Å². The van der Waals surface area contributed by atoms with E-state index in [9.17, 15) is 18.7 Å². The van der Waals surface area contributed by atoms with Crippen molar-refractivity contribution in [3.8, 4) is 5.75 Å². The number of hydrogen-bond acceptors (Lipinski definition) is 2. The van der Waals surface area contributed by atoms with Crippen LogP contribution in [0.5, 0.6) is 5.75 Å². The molecule has 1 aromatic heterocycles. The van der Waals surface area contributed by atoms with Crippen LogP contribution in [0.25, 0.3) is 10.9 Å². The summed E-state index contributed by atoms with van der Waals surface area (Å²) in [5, 5.41) is 9.50. The number of benzene rings is 1. The summed E-state index contributed by atoms with van der Waals surface area (Å²) >= 11 is 0. The van der Waals surface area contributed by atoms with Gasteiger partial charge in [0.25, 0.3) is 5.56 Å². The quantitative estimate of drug-likeness (QED) is 0.717. The first-order valence-electron chi connectivity index (χ1n) is 4.19. The SMILES string of the molecule is Cn1c(=O)cc(O)c2ccc(F)c(F)c21. The van der Waals surface area contributed by atoms with Crippen LogP contribution in [0.15, 0.2) is 23.0 Å². The molecule has 1 aromatic carbocycles. The lowest BCUT2D eigenvalue weighted by atomic mass is 10.2. The summed E-state index contributed by atoms with van der Waals surface area (Å²) in [4.78, 5) is 11.2. The molecule has 0 aliphatic carbocycles.